The predicted octanol–water partition coefficient (Wildman–Crippen LogP) is -1.58. The maximum Gasteiger partial charge on any atom is 0.331 e. The van der Waals surface area contributed by atoms with Gasteiger partial charge in [0.1, 0.15) is 12.2 Å². The first-order valence-electron chi connectivity index (χ1n) is 7.70. The van der Waals surface area contributed by atoms with Crippen molar-refractivity contribution in [2.45, 2.75) is 43.8 Å². The zero-order chi connectivity index (χ0) is 19.4. The van der Waals surface area contributed by atoms with Crippen LogP contribution in [0.2, 0.25) is 0 Å². The Morgan fingerprint density at radius 1 is 1.23 bits per heavy atom. The lowest BCUT2D eigenvalue weighted by molar-refractivity contribution is -0.135. The Bertz CT molecular complexity index is 825. The average molecular weight is 370 g/mol. The molecule has 2 heterocycles. The molecule has 0 saturated carbocycles. The third-order valence-electron chi connectivity index (χ3n) is 3.97. The number of aromatic nitrogens is 2. The molecule has 4 atom stereocenters. The molecule has 5 N–H and O–H groups in total. The van der Waals surface area contributed by atoms with Crippen LogP contribution in [0.1, 0.15) is 25.5 Å². The fraction of sp³-hybridized carbons (Fsp3) is 0.467. The van der Waals surface area contributed by atoms with Crippen LogP contribution in [-0.2, 0) is 14.3 Å². The van der Waals surface area contributed by atoms with Gasteiger partial charge in [-0.25, -0.2) is 14.4 Å². The number of rotatable bonds is 7. The SMILES string of the molecule is O=C(O)/C=C(/CCC[C@H]1O[C@@H](n2ccc(=O)[nH]c2=O)[C@H](O)[C@@H]1O)C(=O)O. The van der Waals surface area contributed by atoms with Crippen molar-refractivity contribution in [3.05, 3.63) is 44.8 Å². The number of ether oxygens (including phenoxy) is 1. The molecule has 0 spiro atoms. The van der Waals surface area contributed by atoms with Crippen molar-refractivity contribution in [1.29, 1.82) is 0 Å². The van der Waals surface area contributed by atoms with E-state index in [1.54, 1.807) is 0 Å². The highest BCUT2D eigenvalue weighted by Gasteiger charge is 2.43. The highest BCUT2D eigenvalue weighted by Crippen LogP contribution is 2.31. The van der Waals surface area contributed by atoms with Gasteiger partial charge in [-0.2, -0.15) is 0 Å². The molecule has 11 nitrogen and oxygen atoms in total. The molecule has 0 aromatic carbocycles. The number of aliphatic hydroxyl groups excluding tert-OH is 2. The molecule has 11 heteroatoms. The Hall–Kier alpha value is -2.76. The Balaban J connectivity index is 2.03. The lowest BCUT2D eigenvalue weighted by atomic mass is 10.0. The Morgan fingerprint density at radius 2 is 1.92 bits per heavy atom. The summed E-state index contributed by atoms with van der Waals surface area (Å²) in [7, 11) is 0. The van der Waals surface area contributed by atoms with Crippen LogP contribution >= 0.6 is 0 Å². The van der Waals surface area contributed by atoms with E-state index in [0.29, 0.717) is 6.08 Å². The molecule has 0 bridgehead atoms. The van der Waals surface area contributed by atoms with E-state index in [4.69, 9.17) is 14.9 Å². The van der Waals surface area contributed by atoms with Gasteiger partial charge < -0.3 is 25.2 Å². The Kier molecular flexibility index (Phi) is 6.08. The van der Waals surface area contributed by atoms with E-state index >= 15 is 0 Å². The highest BCUT2D eigenvalue weighted by atomic mass is 16.6. The molecule has 1 fully saturated rings. The van der Waals surface area contributed by atoms with Crippen LogP contribution in [0.4, 0.5) is 0 Å². The van der Waals surface area contributed by atoms with Crippen LogP contribution in [0.5, 0.6) is 0 Å². The van der Waals surface area contributed by atoms with Crippen LogP contribution < -0.4 is 11.2 Å². The molecule has 1 saturated heterocycles. The molecule has 142 valence electrons. The summed E-state index contributed by atoms with van der Waals surface area (Å²) in [5, 5.41) is 37.7. The van der Waals surface area contributed by atoms with Crippen LogP contribution in [0.25, 0.3) is 0 Å². The van der Waals surface area contributed by atoms with Gasteiger partial charge in [-0.1, -0.05) is 0 Å². The molecule has 0 amide bonds. The number of aliphatic carboxylic acids is 2. The number of H-pyrrole nitrogens is 1. The van der Waals surface area contributed by atoms with Gasteiger partial charge in [0, 0.05) is 23.9 Å². The van der Waals surface area contributed by atoms with E-state index in [1.807, 2.05) is 4.98 Å². The normalized spacial score (nSPS) is 26.0. The Labute approximate surface area is 145 Å². The molecule has 1 aliphatic rings. The van der Waals surface area contributed by atoms with E-state index in [9.17, 15) is 29.4 Å². The van der Waals surface area contributed by atoms with Gasteiger partial charge in [0.05, 0.1) is 6.10 Å². The first kappa shape index (κ1) is 19.6. The molecular weight excluding hydrogens is 352 g/mol. The smallest absolute Gasteiger partial charge is 0.331 e. The van der Waals surface area contributed by atoms with Crippen molar-refractivity contribution >= 4 is 11.9 Å². The number of aliphatic hydroxyl groups is 2. The molecule has 1 aromatic rings. The van der Waals surface area contributed by atoms with E-state index in [-0.39, 0.29) is 24.8 Å². The van der Waals surface area contributed by atoms with Crippen molar-refractivity contribution in [2.24, 2.45) is 0 Å². The minimum Gasteiger partial charge on any atom is -0.478 e. The summed E-state index contributed by atoms with van der Waals surface area (Å²) in [6, 6.07) is 1.06. The van der Waals surface area contributed by atoms with Crippen molar-refractivity contribution in [3.8, 4) is 0 Å². The second-order valence-electron chi connectivity index (χ2n) is 5.77. The van der Waals surface area contributed by atoms with Gasteiger partial charge in [-0.3, -0.25) is 14.3 Å². The molecular formula is C15H18N2O9. The molecule has 26 heavy (non-hydrogen) atoms. The van der Waals surface area contributed by atoms with Gasteiger partial charge in [0.25, 0.3) is 5.56 Å². The number of carboxylic acids is 2. The van der Waals surface area contributed by atoms with Gasteiger partial charge in [-0.15, -0.1) is 0 Å². The van der Waals surface area contributed by atoms with Crippen LogP contribution in [0, 0.1) is 0 Å². The van der Waals surface area contributed by atoms with E-state index < -0.39 is 47.7 Å². The summed E-state index contributed by atoms with van der Waals surface area (Å²) in [5.74, 6) is -2.74. The number of hydrogen-bond donors (Lipinski definition) is 5. The van der Waals surface area contributed by atoms with E-state index in [0.717, 1.165) is 16.8 Å². The standard InChI is InChI=1S/C15H18N2O9/c18-9-4-5-17(15(25)16-9)13-12(22)11(21)8(26-13)3-1-2-7(14(23)24)6-10(19)20/h4-6,8,11-13,21-22H,1-3H2,(H,19,20)(H,23,24)(H,16,18,25)/b7-6-/t8-,11-,12-,13-/m1/s1. The first-order valence-corrected chi connectivity index (χ1v) is 7.70. The van der Waals surface area contributed by atoms with Crippen molar-refractivity contribution < 1.29 is 34.8 Å². The number of hydrogen-bond acceptors (Lipinski definition) is 7. The molecule has 0 unspecified atom stereocenters. The van der Waals surface area contributed by atoms with Crippen molar-refractivity contribution in [2.75, 3.05) is 0 Å². The first-order chi connectivity index (χ1) is 12.2. The summed E-state index contributed by atoms with van der Waals surface area (Å²) in [5.41, 5.74) is -1.74. The second kappa shape index (κ2) is 8.08. The minimum atomic E-state index is -1.43. The van der Waals surface area contributed by atoms with Crippen LogP contribution in [-0.4, -0.2) is 60.2 Å². The van der Waals surface area contributed by atoms with Crippen molar-refractivity contribution in [1.82, 2.24) is 9.55 Å². The number of nitrogens with zero attached hydrogens (tertiary/aromatic N) is 1. The average Bonchev–Trinajstić information content (AvgIpc) is 2.82. The number of carbonyl (C=O) groups is 2. The van der Waals surface area contributed by atoms with Gasteiger partial charge in [0.2, 0.25) is 0 Å². The monoisotopic (exact) mass is 370 g/mol. The fourth-order valence-corrected chi connectivity index (χ4v) is 2.71. The summed E-state index contributed by atoms with van der Waals surface area (Å²) >= 11 is 0. The zero-order valence-corrected chi connectivity index (χ0v) is 13.4. The maximum atomic E-state index is 11.8. The lowest BCUT2D eigenvalue weighted by Gasteiger charge is -2.16. The molecule has 0 aliphatic carbocycles. The zero-order valence-electron chi connectivity index (χ0n) is 13.4. The fourth-order valence-electron chi connectivity index (χ4n) is 2.71. The van der Waals surface area contributed by atoms with Gasteiger partial charge >= 0.3 is 17.6 Å². The highest BCUT2D eigenvalue weighted by molar-refractivity contribution is 5.94. The summed E-state index contributed by atoms with van der Waals surface area (Å²) in [4.78, 5) is 46.4. The largest absolute Gasteiger partial charge is 0.478 e. The van der Waals surface area contributed by atoms with Crippen molar-refractivity contribution in [3.63, 3.8) is 0 Å². The quantitative estimate of drug-likeness (QED) is 0.354. The Morgan fingerprint density at radius 3 is 2.50 bits per heavy atom. The molecule has 0 radical (unpaired) electrons. The van der Waals surface area contributed by atoms with Gasteiger partial charge in [-0.05, 0) is 19.3 Å². The van der Waals surface area contributed by atoms with Crippen LogP contribution in [0.15, 0.2) is 33.5 Å². The topological polar surface area (TPSA) is 179 Å². The summed E-state index contributed by atoms with van der Waals surface area (Å²) < 4.78 is 6.41. The van der Waals surface area contributed by atoms with Crippen LogP contribution in [0.3, 0.4) is 0 Å². The number of carboxylic acid groups (broad SMARTS) is 2. The summed E-state index contributed by atoms with van der Waals surface area (Å²) in [6.07, 6.45) is -2.94. The van der Waals surface area contributed by atoms with Gasteiger partial charge in [0.15, 0.2) is 6.23 Å². The lowest BCUT2D eigenvalue weighted by Crippen LogP contribution is -2.37. The maximum absolute atomic E-state index is 11.8. The van der Waals surface area contributed by atoms with E-state index in [1.165, 1.54) is 0 Å². The number of nitrogens with one attached hydrogen (secondary N) is 1. The molecule has 2 rings (SSSR count). The third-order valence-corrected chi connectivity index (χ3v) is 3.97. The second-order valence-corrected chi connectivity index (χ2v) is 5.77. The molecule has 1 aromatic heterocycles. The third kappa shape index (κ3) is 4.45. The van der Waals surface area contributed by atoms with E-state index in [2.05, 4.69) is 0 Å². The number of aromatic amines is 1. The molecule has 1 aliphatic heterocycles. The minimum absolute atomic E-state index is 0.0758. The summed E-state index contributed by atoms with van der Waals surface area (Å²) in [6.45, 7) is 0. The predicted molar refractivity (Wildman–Crippen MR) is 84.5 cm³/mol.